The molecule has 2 saturated heterocycles. The average molecular weight is 592 g/mol. The van der Waals surface area contributed by atoms with Crippen molar-refractivity contribution in [1.82, 2.24) is 14.7 Å². The summed E-state index contributed by atoms with van der Waals surface area (Å²) in [6.45, 7) is 5.58. The first kappa shape index (κ1) is 28.8. The van der Waals surface area contributed by atoms with E-state index >= 15 is 0 Å². The van der Waals surface area contributed by atoms with Crippen molar-refractivity contribution in [2.24, 2.45) is 5.92 Å². The first-order valence-corrected chi connectivity index (χ1v) is 15.2. The topological polar surface area (TPSA) is 39.5 Å². The van der Waals surface area contributed by atoms with Crippen LogP contribution in [0.4, 0.5) is 8.78 Å². The van der Waals surface area contributed by atoms with E-state index in [1.165, 1.54) is 12.1 Å². The Bertz CT molecular complexity index is 1560. The maximum absolute atomic E-state index is 14.1. The summed E-state index contributed by atoms with van der Waals surface area (Å²) in [5.74, 6) is 0.595. The lowest BCUT2D eigenvalue weighted by Gasteiger charge is -2.37. The fraction of sp³-hybridized carbons (Fsp3) is 0.382. The van der Waals surface area contributed by atoms with Crippen LogP contribution < -0.4 is 4.74 Å². The third kappa shape index (κ3) is 6.10. The number of aromatic nitrogens is 2. The molecule has 3 heterocycles. The number of rotatable bonds is 10. The molecule has 1 aromatic heterocycles. The summed E-state index contributed by atoms with van der Waals surface area (Å²) in [4.78, 5) is 2.21. The minimum Gasteiger partial charge on any atom is -0.492 e. The zero-order valence-electron chi connectivity index (χ0n) is 23.9. The van der Waals surface area contributed by atoms with Crippen LogP contribution in [0.2, 0.25) is 5.02 Å². The molecular weight excluding hydrogens is 556 g/mol. The molecule has 8 heteroatoms. The van der Waals surface area contributed by atoms with Crippen LogP contribution in [0.1, 0.15) is 55.5 Å². The molecule has 6 rings (SSSR count). The zero-order valence-corrected chi connectivity index (χ0v) is 24.6. The fourth-order valence-electron chi connectivity index (χ4n) is 6.07. The second-order valence-electron chi connectivity index (χ2n) is 11.2. The number of alkyl halides is 1. The number of nitrogens with zero attached hydrogens (tertiary/aromatic N) is 3. The van der Waals surface area contributed by atoms with Gasteiger partial charge in [-0.25, -0.2) is 9.07 Å². The van der Waals surface area contributed by atoms with Gasteiger partial charge in [0.05, 0.1) is 23.4 Å². The number of fused-ring (bicyclic) bond motifs is 1. The SMILES string of the molecule is CCC(=C(c1ccc2c(cnn2C2CCCCO2)c1)c1ccc(F)cc1Cl)c1ccc(OCCN2CC(CF)C2)cc1. The molecule has 1 unspecified atom stereocenters. The van der Waals surface area contributed by atoms with Gasteiger partial charge in [-0.1, -0.05) is 36.7 Å². The molecule has 5 nitrogen and oxygen atoms in total. The van der Waals surface area contributed by atoms with Crippen molar-refractivity contribution in [2.45, 2.75) is 38.8 Å². The van der Waals surface area contributed by atoms with E-state index < -0.39 is 0 Å². The first-order chi connectivity index (χ1) is 20.5. The third-order valence-electron chi connectivity index (χ3n) is 8.30. The van der Waals surface area contributed by atoms with Gasteiger partial charge in [0, 0.05) is 43.1 Å². The lowest BCUT2D eigenvalue weighted by atomic mass is 9.87. The summed E-state index contributed by atoms with van der Waals surface area (Å²) in [6, 6.07) is 19.0. The van der Waals surface area contributed by atoms with Crippen LogP contribution in [0.5, 0.6) is 5.75 Å². The highest BCUT2D eigenvalue weighted by molar-refractivity contribution is 6.33. The van der Waals surface area contributed by atoms with Gasteiger partial charge in [0.1, 0.15) is 18.2 Å². The molecule has 2 aliphatic rings. The lowest BCUT2D eigenvalue weighted by molar-refractivity contribution is -0.0366. The third-order valence-corrected chi connectivity index (χ3v) is 8.61. The molecule has 1 atom stereocenters. The molecule has 2 fully saturated rings. The highest BCUT2D eigenvalue weighted by Crippen LogP contribution is 2.39. The van der Waals surface area contributed by atoms with E-state index in [9.17, 15) is 8.78 Å². The molecule has 0 spiro atoms. The van der Waals surface area contributed by atoms with Crippen LogP contribution in [0.3, 0.4) is 0 Å². The summed E-state index contributed by atoms with van der Waals surface area (Å²) in [5, 5.41) is 6.05. The van der Waals surface area contributed by atoms with Crippen LogP contribution >= 0.6 is 11.6 Å². The predicted molar refractivity (Wildman–Crippen MR) is 164 cm³/mol. The Labute approximate surface area is 250 Å². The van der Waals surface area contributed by atoms with Gasteiger partial charge < -0.3 is 9.47 Å². The Hall–Kier alpha value is -3.26. The number of likely N-dealkylation sites (tertiary alicyclic amines) is 1. The number of hydrogen-bond donors (Lipinski definition) is 0. The van der Waals surface area contributed by atoms with E-state index in [0.29, 0.717) is 11.6 Å². The molecule has 3 aromatic carbocycles. The average Bonchev–Trinajstić information content (AvgIpc) is 3.42. The van der Waals surface area contributed by atoms with E-state index in [-0.39, 0.29) is 24.6 Å². The van der Waals surface area contributed by atoms with E-state index in [1.807, 2.05) is 23.0 Å². The zero-order chi connectivity index (χ0) is 29.1. The minimum atomic E-state index is -0.370. The molecule has 220 valence electrons. The number of halogens is 3. The van der Waals surface area contributed by atoms with Gasteiger partial charge in [0.15, 0.2) is 6.23 Å². The largest absolute Gasteiger partial charge is 0.492 e. The Kier molecular flexibility index (Phi) is 8.89. The summed E-state index contributed by atoms with van der Waals surface area (Å²) >= 11 is 6.68. The van der Waals surface area contributed by atoms with Gasteiger partial charge in [-0.15, -0.1) is 0 Å². The summed E-state index contributed by atoms with van der Waals surface area (Å²) < 4.78 is 40.8. The van der Waals surface area contributed by atoms with Gasteiger partial charge in [-0.2, -0.15) is 5.10 Å². The molecule has 0 amide bonds. The maximum atomic E-state index is 14.1. The normalized spacial score (nSPS) is 18.6. The van der Waals surface area contributed by atoms with Crippen LogP contribution in [-0.2, 0) is 4.74 Å². The minimum absolute atomic E-state index is 0.0476. The van der Waals surface area contributed by atoms with Crippen molar-refractivity contribution in [3.05, 3.63) is 94.4 Å². The first-order valence-electron chi connectivity index (χ1n) is 14.8. The van der Waals surface area contributed by atoms with Crippen LogP contribution in [0.25, 0.3) is 22.0 Å². The van der Waals surface area contributed by atoms with E-state index in [4.69, 9.17) is 21.1 Å². The van der Waals surface area contributed by atoms with E-state index in [0.717, 1.165) is 96.4 Å². The summed E-state index contributed by atoms with van der Waals surface area (Å²) in [5.41, 5.74) is 5.88. The monoisotopic (exact) mass is 591 g/mol. The molecule has 0 N–H and O–H groups in total. The molecule has 42 heavy (non-hydrogen) atoms. The molecule has 0 aliphatic carbocycles. The molecule has 0 radical (unpaired) electrons. The van der Waals surface area contributed by atoms with Crippen molar-refractivity contribution in [2.75, 3.05) is 39.5 Å². The standard InChI is InChI=1S/C34H36ClF2N3O2/c1-2-29(24-6-10-28(11-7-24)41-16-14-39-21-23(19-36)22-39)34(30-12-9-27(37)18-31(30)35)25-8-13-32-26(17-25)20-38-40(32)33-5-3-4-15-42-33/h6-13,17-18,20,23,33H,2-5,14-16,19,21-22H2,1H3. The van der Waals surface area contributed by atoms with Gasteiger partial charge in [0.2, 0.25) is 0 Å². The van der Waals surface area contributed by atoms with Crippen molar-refractivity contribution >= 4 is 33.7 Å². The van der Waals surface area contributed by atoms with Gasteiger partial charge >= 0.3 is 0 Å². The Morgan fingerprint density at radius 1 is 1.05 bits per heavy atom. The molecular formula is C34H36ClF2N3O2. The van der Waals surface area contributed by atoms with Crippen LogP contribution in [0.15, 0.2) is 66.9 Å². The van der Waals surface area contributed by atoms with Crippen LogP contribution in [0, 0.1) is 11.7 Å². The molecule has 4 aromatic rings. The lowest BCUT2D eigenvalue weighted by Crippen LogP contribution is -2.49. The maximum Gasteiger partial charge on any atom is 0.150 e. The molecule has 0 saturated carbocycles. The Balaban J connectivity index is 1.32. The van der Waals surface area contributed by atoms with E-state index in [1.54, 1.807) is 6.07 Å². The van der Waals surface area contributed by atoms with Crippen molar-refractivity contribution in [1.29, 1.82) is 0 Å². The second kappa shape index (κ2) is 12.9. The van der Waals surface area contributed by atoms with Gasteiger partial charge in [-0.3, -0.25) is 9.29 Å². The van der Waals surface area contributed by atoms with Crippen molar-refractivity contribution in [3.63, 3.8) is 0 Å². The van der Waals surface area contributed by atoms with Crippen molar-refractivity contribution in [3.8, 4) is 5.75 Å². The highest BCUT2D eigenvalue weighted by Gasteiger charge is 2.26. The smallest absolute Gasteiger partial charge is 0.150 e. The predicted octanol–water partition coefficient (Wildman–Crippen LogP) is 8.18. The molecule has 0 bridgehead atoms. The fourth-order valence-corrected chi connectivity index (χ4v) is 6.33. The van der Waals surface area contributed by atoms with Gasteiger partial charge in [0.25, 0.3) is 0 Å². The number of allylic oxidation sites excluding steroid dienone is 1. The quantitative estimate of drug-likeness (QED) is 0.174. The summed E-state index contributed by atoms with van der Waals surface area (Å²) in [6.07, 6.45) is 5.74. The Morgan fingerprint density at radius 2 is 1.86 bits per heavy atom. The second-order valence-corrected chi connectivity index (χ2v) is 11.6. The van der Waals surface area contributed by atoms with E-state index in [2.05, 4.69) is 47.3 Å². The number of ether oxygens (including phenoxy) is 2. The van der Waals surface area contributed by atoms with Crippen LogP contribution in [-0.4, -0.2) is 54.2 Å². The number of hydrogen-bond acceptors (Lipinski definition) is 4. The summed E-state index contributed by atoms with van der Waals surface area (Å²) in [7, 11) is 0. The van der Waals surface area contributed by atoms with Crippen molar-refractivity contribution < 1.29 is 18.3 Å². The Morgan fingerprint density at radius 3 is 2.57 bits per heavy atom. The van der Waals surface area contributed by atoms with Gasteiger partial charge in [-0.05, 0) is 90.4 Å². The number of benzene rings is 3. The highest BCUT2D eigenvalue weighted by atomic mass is 35.5. The molecule has 2 aliphatic heterocycles.